The van der Waals surface area contributed by atoms with Crippen molar-refractivity contribution in [2.75, 3.05) is 37.8 Å². The van der Waals surface area contributed by atoms with E-state index >= 15 is 0 Å². The highest BCUT2D eigenvalue weighted by atomic mass is 19.4. The number of amides is 1. The van der Waals surface area contributed by atoms with Gasteiger partial charge in [0.25, 0.3) is 5.91 Å². The summed E-state index contributed by atoms with van der Waals surface area (Å²) in [4.78, 5) is 33.1. The van der Waals surface area contributed by atoms with Gasteiger partial charge in [0.05, 0.1) is 0 Å². The molecular weight excluding hydrogens is 472 g/mol. The van der Waals surface area contributed by atoms with Crippen molar-refractivity contribution in [2.45, 2.75) is 37.6 Å². The Morgan fingerprint density at radius 2 is 1.97 bits per heavy atom. The quantitative estimate of drug-likeness (QED) is 0.188. The van der Waals surface area contributed by atoms with Crippen LogP contribution in [0.1, 0.15) is 30.7 Å². The minimum atomic E-state index is -5.20. The molecule has 1 aromatic carbocycles. The number of carbonyl (C=O) groups is 2. The van der Waals surface area contributed by atoms with Gasteiger partial charge in [-0.05, 0) is 57.5 Å². The lowest BCUT2D eigenvalue weighted by molar-refractivity contribution is -0.211. The predicted molar refractivity (Wildman–Crippen MR) is 119 cm³/mol. The Bertz CT molecular complexity index is 1050. The molecule has 1 aliphatic carbocycles. The average Bonchev–Trinajstić information content (AvgIpc) is 3.61. The molecule has 1 unspecified atom stereocenters. The van der Waals surface area contributed by atoms with Crippen LogP contribution in [0.3, 0.4) is 0 Å². The summed E-state index contributed by atoms with van der Waals surface area (Å²) in [6.45, 7) is 0.517. The molecule has 3 N–H and O–H groups in total. The van der Waals surface area contributed by atoms with Gasteiger partial charge in [0.15, 0.2) is 0 Å². The molecule has 0 bridgehead atoms. The van der Waals surface area contributed by atoms with Crippen LogP contribution < -0.4 is 16.0 Å². The van der Waals surface area contributed by atoms with Crippen LogP contribution in [0.5, 0.6) is 0 Å². The number of nitrogens with zero attached hydrogens (tertiary/aromatic N) is 3. The van der Waals surface area contributed by atoms with E-state index in [1.165, 1.54) is 26.2 Å². The first kappa shape index (κ1) is 26.1. The predicted octanol–water partition coefficient (Wildman–Crippen LogP) is 3.15. The molecule has 13 heteroatoms. The smallest absolute Gasteiger partial charge is 0.430 e. The molecule has 1 fully saturated rings. The summed E-state index contributed by atoms with van der Waals surface area (Å²) in [5.41, 5.74) is 1.45. The second-order valence-corrected chi connectivity index (χ2v) is 8.20. The number of hydrogen-bond acceptors (Lipinski definition) is 8. The number of anilines is 3. The highest BCUT2D eigenvalue weighted by Crippen LogP contribution is 2.42. The van der Waals surface area contributed by atoms with Crippen molar-refractivity contribution < 1.29 is 31.9 Å². The molecule has 2 aromatic rings. The first-order chi connectivity index (χ1) is 16.5. The van der Waals surface area contributed by atoms with Crippen molar-refractivity contribution in [3.05, 3.63) is 41.8 Å². The number of carbonyl (C=O) groups excluding carboxylic acids is 2. The topological polar surface area (TPSA) is 108 Å². The number of benzene rings is 1. The van der Waals surface area contributed by atoms with Crippen molar-refractivity contribution in [1.82, 2.24) is 20.2 Å². The lowest BCUT2D eigenvalue weighted by Gasteiger charge is -2.23. The van der Waals surface area contributed by atoms with E-state index in [0.29, 0.717) is 30.4 Å². The number of likely N-dealkylation sites (N-methyl/N-ethyl adjacent to an activating group) is 1. The van der Waals surface area contributed by atoms with Gasteiger partial charge in [0.2, 0.25) is 12.2 Å². The van der Waals surface area contributed by atoms with E-state index < -0.39 is 30.1 Å². The fourth-order valence-electron chi connectivity index (χ4n) is 3.14. The van der Waals surface area contributed by atoms with Gasteiger partial charge in [-0.25, -0.2) is 14.2 Å². The van der Waals surface area contributed by atoms with Gasteiger partial charge in [0.1, 0.15) is 11.6 Å². The van der Waals surface area contributed by atoms with Crippen LogP contribution in [0.25, 0.3) is 0 Å². The van der Waals surface area contributed by atoms with Gasteiger partial charge in [-0.2, -0.15) is 18.2 Å². The van der Waals surface area contributed by atoms with E-state index in [2.05, 4.69) is 30.7 Å². The number of halogens is 4. The first-order valence-electron chi connectivity index (χ1n) is 10.9. The molecule has 0 spiro atoms. The van der Waals surface area contributed by atoms with Gasteiger partial charge in [-0.1, -0.05) is 6.07 Å². The number of alkyl halides is 3. The molecule has 1 saturated carbocycles. The standard InChI is InChI=1S/C22H26F4N6O3/c1-32(2)19(35-20(34)22(24,25)26)18(33)28-10-4-9-27-17-16(13-7-8-13)12-29-21(31-17)30-15-6-3-5-14(23)11-15/h3,5-6,11-13,19H,4,7-10H2,1-2H3,(H,28,33)(H2,27,29,30,31). The van der Waals surface area contributed by atoms with E-state index in [0.717, 1.165) is 23.3 Å². The molecule has 1 atom stereocenters. The Labute approximate surface area is 199 Å². The molecule has 1 amide bonds. The Morgan fingerprint density at radius 3 is 2.60 bits per heavy atom. The SMILES string of the molecule is CN(C)C(OC(=O)C(F)(F)F)C(=O)NCCCNc1nc(Nc2cccc(F)c2)ncc1C1CC1. The van der Waals surface area contributed by atoms with E-state index in [1.807, 2.05) is 0 Å². The number of hydrogen-bond donors (Lipinski definition) is 3. The number of aromatic nitrogens is 2. The van der Waals surface area contributed by atoms with Gasteiger partial charge >= 0.3 is 12.1 Å². The number of esters is 1. The Kier molecular flexibility index (Phi) is 8.43. The summed E-state index contributed by atoms with van der Waals surface area (Å²) in [5, 5.41) is 8.60. The summed E-state index contributed by atoms with van der Waals surface area (Å²) in [7, 11) is 2.64. The van der Waals surface area contributed by atoms with Crippen molar-refractivity contribution >= 4 is 29.3 Å². The Balaban J connectivity index is 1.52. The summed E-state index contributed by atoms with van der Waals surface area (Å²) in [6.07, 6.45) is -2.73. The zero-order valence-electron chi connectivity index (χ0n) is 19.2. The number of rotatable bonds is 11. The number of ether oxygens (including phenoxy) is 1. The molecule has 35 heavy (non-hydrogen) atoms. The summed E-state index contributed by atoms with van der Waals surface area (Å²) >= 11 is 0. The summed E-state index contributed by atoms with van der Waals surface area (Å²) in [6, 6.07) is 5.90. The zero-order chi connectivity index (χ0) is 25.6. The van der Waals surface area contributed by atoms with E-state index in [4.69, 9.17) is 0 Å². The van der Waals surface area contributed by atoms with Crippen LogP contribution in [0.4, 0.5) is 35.0 Å². The Morgan fingerprint density at radius 1 is 1.23 bits per heavy atom. The molecule has 1 aliphatic rings. The highest BCUT2D eigenvalue weighted by Gasteiger charge is 2.43. The van der Waals surface area contributed by atoms with Crippen molar-refractivity contribution in [3.63, 3.8) is 0 Å². The second kappa shape index (κ2) is 11.3. The van der Waals surface area contributed by atoms with E-state index in [9.17, 15) is 27.2 Å². The molecule has 0 saturated heterocycles. The van der Waals surface area contributed by atoms with Crippen LogP contribution in [0.2, 0.25) is 0 Å². The lowest BCUT2D eigenvalue weighted by Crippen LogP contribution is -2.48. The highest BCUT2D eigenvalue weighted by molar-refractivity contribution is 5.84. The summed E-state index contributed by atoms with van der Waals surface area (Å²) in [5.74, 6) is -2.45. The minimum Gasteiger partial charge on any atom is -0.430 e. The lowest BCUT2D eigenvalue weighted by atomic mass is 10.2. The fraction of sp³-hybridized carbons (Fsp3) is 0.455. The molecule has 1 aromatic heterocycles. The third-order valence-corrected chi connectivity index (χ3v) is 5.00. The van der Waals surface area contributed by atoms with Gasteiger partial charge in [0, 0.05) is 30.5 Å². The Hall–Kier alpha value is -3.48. The van der Waals surface area contributed by atoms with Gasteiger partial charge < -0.3 is 20.7 Å². The van der Waals surface area contributed by atoms with Crippen LogP contribution >= 0.6 is 0 Å². The van der Waals surface area contributed by atoms with Gasteiger partial charge in [-0.15, -0.1) is 0 Å². The van der Waals surface area contributed by atoms with E-state index in [1.54, 1.807) is 18.3 Å². The molecule has 0 radical (unpaired) electrons. The van der Waals surface area contributed by atoms with Crippen molar-refractivity contribution in [1.29, 1.82) is 0 Å². The van der Waals surface area contributed by atoms with E-state index in [-0.39, 0.29) is 12.5 Å². The molecule has 0 aliphatic heterocycles. The average molecular weight is 498 g/mol. The largest absolute Gasteiger partial charge is 0.490 e. The van der Waals surface area contributed by atoms with Crippen LogP contribution in [0.15, 0.2) is 30.5 Å². The third kappa shape index (κ3) is 7.77. The molecule has 9 nitrogen and oxygen atoms in total. The van der Waals surface area contributed by atoms with Crippen molar-refractivity contribution in [3.8, 4) is 0 Å². The molecule has 190 valence electrons. The third-order valence-electron chi connectivity index (χ3n) is 5.00. The summed E-state index contributed by atoms with van der Waals surface area (Å²) < 4.78 is 55.0. The van der Waals surface area contributed by atoms with Crippen LogP contribution in [-0.4, -0.2) is 66.3 Å². The molecule has 3 rings (SSSR count). The van der Waals surface area contributed by atoms with Crippen LogP contribution in [-0.2, 0) is 14.3 Å². The normalized spacial score (nSPS) is 14.4. The second-order valence-electron chi connectivity index (χ2n) is 8.20. The maximum atomic E-state index is 13.4. The molecule has 1 heterocycles. The monoisotopic (exact) mass is 498 g/mol. The maximum absolute atomic E-state index is 13.4. The van der Waals surface area contributed by atoms with Crippen molar-refractivity contribution in [2.24, 2.45) is 0 Å². The number of nitrogens with one attached hydrogen (secondary N) is 3. The first-order valence-corrected chi connectivity index (χ1v) is 10.9. The zero-order valence-corrected chi connectivity index (χ0v) is 19.2. The minimum absolute atomic E-state index is 0.123. The van der Waals surface area contributed by atoms with Gasteiger partial charge in [-0.3, -0.25) is 9.69 Å². The van der Waals surface area contributed by atoms with Crippen LogP contribution in [0, 0.1) is 5.82 Å². The fourth-order valence-corrected chi connectivity index (χ4v) is 3.14. The molecular formula is C22H26F4N6O3. The maximum Gasteiger partial charge on any atom is 0.490 e.